The van der Waals surface area contributed by atoms with Gasteiger partial charge in [-0.15, -0.1) is 0 Å². The molecule has 6 nitrogen and oxygen atoms in total. The average Bonchev–Trinajstić information content (AvgIpc) is 2.81. The predicted molar refractivity (Wildman–Crippen MR) is 89.3 cm³/mol. The van der Waals surface area contributed by atoms with E-state index in [-0.39, 0.29) is 22.8 Å². The zero-order chi connectivity index (χ0) is 18.0. The van der Waals surface area contributed by atoms with Gasteiger partial charge in [0.05, 0.1) is 12.5 Å². The molecule has 0 radical (unpaired) electrons. The molecule has 0 bridgehead atoms. The monoisotopic (exact) mass is 355 g/mol. The van der Waals surface area contributed by atoms with Crippen LogP contribution in [-0.2, 0) is 16.1 Å². The molecule has 0 unspecified atom stereocenters. The van der Waals surface area contributed by atoms with Gasteiger partial charge in [0.15, 0.2) is 0 Å². The van der Waals surface area contributed by atoms with Crippen molar-refractivity contribution >= 4 is 35.1 Å². The van der Waals surface area contributed by atoms with Gasteiger partial charge in [-0.25, -0.2) is 0 Å². The number of amides is 2. The molecule has 2 aromatic carbocycles. The Morgan fingerprint density at radius 2 is 1.76 bits per heavy atom. The molecule has 1 aliphatic rings. The number of hydrogen-bond donors (Lipinski definition) is 1. The van der Waals surface area contributed by atoms with Crippen molar-refractivity contribution in [1.29, 1.82) is 0 Å². The minimum Gasteiger partial charge on any atom is -0.545 e. The lowest BCUT2D eigenvalue weighted by atomic mass is 10.2. The maximum atomic E-state index is 12.5. The van der Waals surface area contributed by atoms with Gasteiger partial charge in [0.2, 0.25) is 0 Å². The first-order chi connectivity index (χ1) is 12.0. The quantitative estimate of drug-likeness (QED) is 0.820. The standard InChI is InChI=1S/C18H13ClN2O4/c19-14-15(20-13-8-4-7-12(9-13)18(24)25)17(23)21(16(14)22)10-11-5-2-1-3-6-11/h1-9,20H,10H2,(H,24,25)/p-1. The molecule has 0 spiro atoms. The van der Waals surface area contributed by atoms with E-state index in [1.54, 1.807) is 30.3 Å². The van der Waals surface area contributed by atoms with Gasteiger partial charge in [-0.2, -0.15) is 0 Å². The first-order valence-corrected chi connectivity index (χ1v) is 7.73. The van der Waals surface area contributed by atoms with Gasteiger partial charge in [-0.05, 0) is 23.3 Å². The molecule has 25 heavy (non-hydrogen) atoms. The SMILES string of the molecule is O=C([O-])c1cccc(NC2=C(Cl)C(=O)N(Cc3ccccc3)C2=O)c1. The largest absolute Gasteiger partial charge is 0.545 e. The van der Waals surface area contributed by atoms with Crippen LogP contribution in [0.3, 0.4) is 0 Å². The Morgan fingerprint density at radius 1 is 1.04 bits per heavy atom. The molecule has 2 amide bonds. The van der Waals surface area contributed by atoms with Crippen molar-refractivity contribution in [1.82, 2.24) is 4.90 Å². The van der Waals surface area contributed by atoms with Crippen LogP contribution in [0.15, 0.2) is 65.3 Å². The number of imide groups is 1. The number of benzene rings is 2. The number of halogens is 1. The van der Waals surface area contributed by atoms with E-state index in [0.29, 0.717) is 5.69 Å². The minimum absolute atomic E-state index is 0.0559. The summed E-state index contributed by atoms with van der Waals surface area (Å²) in [6.07, 6.45) is 0. The topological polar surface area (TPSA) is 89.5 Å². The van der Waals surface area contributed by atoms with Crippen LogP contribution < -0.4 is 10.4 Å². The van der Waals surface area contributed by atoms with Crippen LogP contribution in [0.4, 0.5) is 5.69 Å². The zero-order valence-corrected chi connectivity index (χ0v) is 13.6. The van der Waals surface area contributed by atoms with Crippen LogP contribution in [0.25, 0.3) is 0 Å². The third kappa shape index (κ3) is 3.39. The van der Waals surface area contributed by atoms with E-state index in [1.807, 2.05) is 6.07 Å². The second-order valence-corrected chi connectivity index (χ2v) is 5.74. The van der Waals surface area contributed by atoms with E-state index in [9.17, 15) is 19.5 Å². The highest BCUT2D eigenvalue weighted by Crippen LogP contribution is 2.27. The van der Waals surface area contributed by atoms with Crippen LogP contribution in [-0.4, -0.2) is 22.7 Å². The van der Waals surface area contributed by atoms with Crippen molar-refractivity contribution in [2.75, 3.05) is 5.32 Å². The number of carbonyl (C=O) groups is 3. The fourth-order valence-corrected chi connectivity index (χ4v) is 2.66. The average molecular weight is 356 g/mol. The molecule has 0 aromatic heterocycles. The fraction of sp³-hybridized carbons (Fsp3) is 0.0556. The molecule has 0 aliphatic carbocycles. The summed E-state index contributed by atoms with van der Waals surface area (Å²) < 4.78 is 0. The zero-order valence-electron chi connectivity index (χ0n) is 12.9. The Kier molecular flexibility index (Phi) is 4.54. The van der Waals surface area contributed by atoms with Crippen molar-refractivity contribution in [2.45, 2.75) is 6.54 Å². The van der Waals surface area contributed by atoms with E-state index < -0.39 is 17.8 Å². The summed E-state index contributed by atoms with van der Waals surface area (Å²) in [5.41, 5.74) is 0.962. The maximum Gasteiger partial charge on any atom is 0.279 e. The van der Waals surface area contributed by atoms with Gasteiger partial charge in [-0.1, -0.05) is 54.1 Å². The molecule has 0 fully saturated rings. The summed E-state index contributed by atoms with van der Waals surface area (Å²) >= 11 is 6.01. The lowest BCUT2D eigenvalue weighted by molar-refractivity contribution is -0.255. The Bertz CT molecular complexity index is 893. The number of aromatic carboxylic acids is 1. The van der Waals surface area contributed by atoms with E-state index in [0.717, 1.165) is 10.5 Å². The number of anilines is 1. The second-order valence-electron chi connectivity index (χ2n) is 5.36. The Labute approximate surface area is 148 Å². The van der Waals surface area contributed by atoms with E-state index >= 15 is 0 Å². The van der Waals surface area contributed by atoms with Crippen LogP contribution >= 0.6 is 11.6 Å². The van der Waals surface area contributed by atoms with Crippen LogP contribution in [0.5, 0.6) is 0 Å². The molecule has 1 aliphatic heterocycles. The van der Waals surface area contributed by atoms with Gasteiger partial charge in [0.1, 0.15) is 10.7 Å². The molecule has 0 atom stereocenters. The van der Waals surface area contributed by atoms with Crippen molar-refractivity contribution in [2.24, 2.45) is 0 Å². The molecule has 1 heterocycles. The third-order valence-corrected chi connectivity index (χ3v) is 4.01. The molecular formula is C18H12ClN2O4-. The van der Waals surface area contributed by atoms with Crippen molar-refractivity contribution < 1.29 is 19.5 Å². The van der Waals surface area contributed by atoms with Crippen LogP contribution in [0.2, 0.25) is 0 Å². The van der Waals surface area contributed by atoms with Crippen molar-refractivity contribution in [3.63, 3.8) is 0 Å². The van der Waals surface area contributed by atoms with Gasteiger partial charge in [-0.3, -0.25) is 14.5 Å². The summed E-state index contributed by atoms with van der Waals surface area (Å²) in [5.74, 6) is -2.52. The minimum atomic E-state index is -1.34. The van der Waals surface area contributed by atoms with Gasteiger partial charge in [0.25, 0.3) is 11.8 Å². The summed E-state index contributed by atoms with van der Waals surface area (Å²) in [6.45, 7) is 0.0962. The number of carbonyl (C=O) groups excluding carboxylic acids is 3. The van der Waals surface area contributed by atoms with Gasteiger partial charge in [0, 0.05) is 5.69 Å². The molecule has 0 saturated heterocycles. The summed E-state index contributed by atoms with van der Waals surface area (Å²) in [7, 11) is 0. The highest BCUT2D eigenvalue weighted by molar-refractivity contribution is 6.48. The number of nitrogens with zero attached hydrogens (tertiary/aromatic N) is 1. The number of nitrogens with one attached hydrogen (secondary N) is 1. The highest BCUT2D eigenvalue weighted by Gasteiger charge is 2.37. The molecule has 126 valence electrons. The number of rotatable bonds is 5. The lowest BCUT2D eigenvalue weighted by Gasteiger charge is -2.15. The van der Waals surface area contributed by atoms with Crippen LogP contribution in [0, 0.1) is 0 Å². The van der Waals surface area contributed by atoms with E-state index in [4.69, 9.17) is 11.6 Å². The van der Waals surface area contributed by atoms with Gasteiger partial charge >= 0.3 is 0 Å². The summed E-state index contributed by atoms with van der Waals surface area (Å²) in [5, 5.41) is 13.4. The van der Waals surface area contributed by atoms with E-state index in [2.05, 4.69) is 5.32 Å². The molecule has 2 aromatic rings. The summed E-state index contributed by atoms with van der Waals surface area (Å²) in [6, 6.07) is 14.7. The number of carboxylic acid groups (broad SMARTS) is 1. The van der Waals surface area contributed by atoms with Gasteiger partial charge < -0.3 is 15.2 Å². The molecular weight excluding hydrogens is 344 g/mol. The Hall–Kier alpha value is -3.12. The highest BCUT2D eigenvalue weighted by atomic mass is 35.5. The lowest BCUT2D eigenvalue weighted by Crippen LogP contribution is -2.31. The summed E-state index contributed by atoms with van der Waals surface area (Å²) in [4.78, 5) is 36.7. The molecule has 3 rings (SSSR count). The second kappa shape index (κ2) is 6.78. The van der Waals surface area contributed by atoms with E-state index in [1.165, 1.54) is 18.2 Å². The smallest absolute Gasteiger partial charge is 0.279 e. The van der Waals surface area contributed by atoms with Crippen molar-refractivity contribution in [3.05, 3.63) is 76.5 Å². The van der Waals surface area contributed by atoms with Crippen molar-refractivity contribution in [3.8, 4) is 0 Å². The normalized spacial score (nSPS) is 14.2. The third-order valence-electron chi connectivity index (χ3n) is 3.66. The van der Waals surface area contributed by atoms with Crippen LogP contribution in [0.1, 0.15) is 15.9 Å². The molecule has 0 saturated carbocycles. The number of carboxylic acids is 1. The molecule has 7 heteroatoms. The first-order valence-electron chi connectivity index (χ1n) is 7.35. The maximum absolute atomic E-state index is 12.5. The molecule has 1 N–H and O–H groups in total. The fourth-order valence-electron chi connectivity index (χ4n) is 2.43. The predicted octanol–water partition coefficient (Wildman–Crippen LogP) is 1.48. The Morgan fingerprint density at radius 3 is 2.44 bits per heavy atom. The number of hydrogen-bond acceptors (Lipinski definition) is 5. The Balaban J connectivity index is 1.82. The first kappa shape index (κ1) is 16.7.